The highest BCUT2D eigenvalue weighted by atomic mass is 32.2. The third-order valence-corrected chi connectivity index (χ3v) is 6.02. The predicted molar refractivity (Wildman–Crippen MR) is 105 cm³/mol. The molecule has 0 radical (unpaired) electrons. The number of aryl methyl sites for hydroxylation is 1. The maximum atomic E-state index is 12.7. The molecule has 1 atom stereocenters. The van der Waals surface area contributed by atoms with Crippen molar-refractivity contribution in [1.29, 1.82) is 0 Å². The van der Waals surface area contributed by atoms with E-state index < -0.39 is 11.9 Å². The number of aliphatic carboxylic acids is 1. The van der Waals surface area contributed by atoms with Gasteiger partial charge in [-0.05, 0) is 37.5 Å². The summed E-state index contributed by atoms with van der Waals surface area (Å²) in [4.78, 5) is 39.9. The monoisotopic (exact) mass is 391 g/mol. The van der Waals surface area contributed by atoms with Crippen LogP contribution in [0.3, 0.4) is 0 Å². The number of likely N-dealkylation sites (tertiary alicyclic amines) is 1. The number of benzene rings is 1. The lowest BCUT2D eigenvalue weighted by Gasteiger charge is -2.31. The summed E-state index contributed by atoms with van der Waals surface area (Å²) in [6.07, 6.45) is 1.27. The smallest absolute Gasteiger partial charge is 0.321 e. The molecule has 2 N–H and O–H groups in total. The molecule has 1 aromatic rings. The minimum Gasteiger partial charge on any atom is -0.481 e. The molecule has 0 saturated carbocycles. The number of hydrogen-bond donors (Lipinski definition) is 2. The van der Waals surface area contributed by atoms with Crippen LogP contribution in [0.4, 0.5) is 10.5 Å². The molecule has 2 saturated heterocycles. The zero-order valence-corrected chi connectivity index (χ0v) is 16.3. The molecule has 8 heteroatoms. The lowest BCUT2D eigenvalue weighted by Crippen LogP contribution is -2.44. The van der Waals surface area contributed by atoms with Crippen molar-refractivity contribution in [2.24, 2.45) is 5.92 Å². The van der Waals surface area contributed by atoms with E-state index in [1.54, 1.807) is 12.1 Å². The highest BCUT2D eigenvalue weighted by molar-refractivity contribution is 7.99. The zero-order chi connectivity index (χ0) is 19.4. The Labute approximate surface area is 163 Å². The molecule has 0 aromatic heterocycles. The fourth-order valence-electron chi connectivity index (χ4n) is 3.40. The van der Waals surface area contributed by atoms with Crippen LogP contribution in [0.5, 0.6) is 0 Å². The van der Waals surface area contributed by atoms with Crippen LogP contribution in [-0.4, -0.2) is 70.5 Å². The number of amides is 3. The lowest BCUT2D eigenvalue weighted by atomic mass is 9.99. The third kappa shape index (κ3) is 4.74. The first kappa shape index (κ1) is 19.5. The van der Waals surface area contributed by atoms with Crippen molar-refractivity contribution >= 4 is 35.4 Å². The predicted octanol–water partition coefficient (Wildman–Crippen LogP) is 2.51. The maximum Gasteiger partial charge on any atom is 0.321 e. The number of anilines is 1. The third-order valence-electron chi connectivity index (χ3n) is 5.08. The molecule has 0 spiro atoms. The van der Waals surface area contributed by atoms with Gasteiger partial charge in [0.1, 0.15) is 0 Å². The van der Waals surface area contributed by atoms with Crippen LogP contribution in [0.25, 0.3) is 0 Å². The van der Waals surface area contributed by atoms with Crippen molar-refractivity contribution in [3.05, 3.63) is 29.3 Å². The standard InChI is InChI=1S/C19H25N3O4S/c1-13-4-5-14(17(23)21-7-9-27-10-8-21)11-16(13)20-19(26)22-6-2-3-15(12-22)18(24)25/h4-5,11,15H,2-3,6-10,12H2,1H3,(H,20,26)(H,24,25). The summed E-state index contributed by atoms with van der Waals surface area (Å²) in [6.45, 7) is 4.10. The van der Waals surface area contributed by atoms with Crippen LogP contribution in [0.2, 0.25) is 0 Å². The Bertz CT molecular complexity index is 734. The summed E-state index contributed by atoms with van der Waals surface area (Å²) in [7, 11) is 0. The number of piperidine rings is 1. The quantitative estimate of drug-likeness (QED) is 0.826. The van der Waals surface area contributed by atoms with Crippen molar-refractivity contribution in [2.45, 2.75) is 19.8 Å². The molecule has 2 aliphatic rings. The van der Waals surface area contributed by atoms with E-state index in [-0.39, 0.29) is 18.5 Å². The van der Waals surface area contributed by atoms with Gasteiger partial charge in [0.25, 0.3) is 5.91 Å². The highest BCUT2D eigenvalue weighted by Crippen LogP contribution is 2.22. The fraction of sp³-hybridized carbons (Fsp3) is 0.526. The van der Waals surface area contributed by atoms with Gasteiger partial charge in [-0.15, -0.1) is 0 Å². The molecular weight excluding hydrogens is 366 g/mol. The molecule has 0 aliphatic carbocycles. The van der Waals surface area contributed by atoms with Crippen molar-refractivity contribution in [2.75, 3.05) is 43.0 Å². The second-order valence-electron chi connectivity index (χ2n) is 6.99. The summed E-state index contributed by atoms with van der Waals surface area (Å²) in [6, 6.07) is 5.02. The van der Waals surface area contributed by atoms with Crippen LogP contribution >= 0.6 is 11.8 Å². The average molecular weight is 391 g/mol. The van der Waals surface area contributed by atoms with Crippen molar-refractivity contribution in [3.8, 4) is 0 Å². The molecule has 146 valence electrons. The largest absolute Gasteiger partial charge is 0.481 e. The summed E-state index contributed by atoms with van der Waals surface area (Å²) >= 11 is 1.85. The number of carboxylic acid groups (broad SMARTS) is 1. The Morgan fingerprint density at radius 2 is 1.89 bits per heavy atom. The molecule has 2 heterocycles. The van der Waals surface area contributed by atoms with Crippen molar-refractivity contribution in [1.82, 2.24) is 9.80 Å². The van der Waals surface area contributed by atoms with Crippen molar-refractivity contribution < 1.29 is 19.5 Å². The topological polar surface area (TPSA) is 90.0 Å². The van der Waals surface area contributed by atoms with Gasteiger partial charge in [-0.25, -0.2) is 4.79 Å². The van der Waals surface area contributed by atoms with E-state index in [1.165, 1.54) is 4.90 Å². The fourth-order valence-corrected chi connectivity index (χ4v) is 4.30. The second kappa shape index (κ2) is 8.65. The number of carbonyl (C=O) groups excluding carboxylic acids is 2. The number of thioether (sulfide) groups is 1. The van der Waals surface area contributed by atoms with E-state index in [0.29, 0.717) is 30.6 Å². The van der Waals surface area contributed by atoms with E-state index in [9.17, 15) is 19.5 Å². The number of urea groups is 1. The number of hydrogen-bond acceptors (Lipinski definition) is 4. The van der Waals surface area contributed by atoms with Gasteiger partial charge in [-0.2, -0.15) is 11.8 Å². The van der Waals surface area contributed by atoms with Gasteiger partial charge in [0.2, 0.25) is 0 Å². The molecule has 2 aliphatic heterocycles. The Morgan fingerprint density at radius 3 is 2.59 bits per heavy atom. The van der Waals surface area contributed by atoms with Crippen LogP contribution in [0, 0.1) is 12.8 Å². The van der Waals surface area contributed by atoms with E-state index in [4.69, 9.17) is 0 Å². The first-order valence-electron chi connectivity index (χ1n) is 9.22. The first-order chi connectivity index (χ1) is 13.0. The average Bonchev–Trinajstić information content (AvgIpc) is 2.69. The lowest BCUT2D eigenvalue weighted by molar-refractivity contribution is -0.143. The normalized spacial score (nSPS) is 20.3. The Hall–Kier alpha value is -2.22. The van der Waals surface area contributed by atoms with Gasteiger partial charge >= 0.3 is 12.0 Å². The summed E-state index contributed by atoms with van der Waals surface area (Å²) in [5, 5.41) is 12.0. The van der Waals surface area contributed by atoms with Gasteiger partial charge < -0.3 is 20.2 Å². The van der Waals surface area contributed by atoms with E-state index >= 15 is 0 Å². The van der Waals surface area contributed by atoms with Crippen LogP contribution in [0.15, 0.2) is 18.2 Å². The molecule has 3 rings (SSSR count). The molecular formula is C19H25N3O4S. The SMILES string of the molecule is Cc1ccc(C(=O)N2CCSCC2)cc1NC(=O)N1CCCC(C(=O)O)C1. The van der Waals surface area contributed by atoms with E-state index in [0.717, 1.165) is 30.2 Å². The van der Waals surface area contributed by atoms with E-state index in [2.05, 4.69) is 5.32 Å². The van der Waals surface area contributed by atoms with Crippen LogP contribution in [0.1, 0.15) is 28.8 Å². The minimum absolute atomic E-state index is 0.0188. The Kier molecular flexibility index (Phi) is 6.26. The maximum absolute atomic E-state index is 12.7. The Balaban J connectivity index is 1.69. The number of rotatable bonds is 3. The zero-order valence-electron chi connectivity index (χ0n) is 15.4. The molecule has 27 heavy (non-hydrogen) atoms. The Morgan fingerprint density at radius 1 is 1.15 bits per heavy atom. The van der Waals surface area contributed by atoms with Crippen LogP contribution in [-0.2, 0) is 4.79 Å². The van der Waals surface area contributed by atoms with Gasteiger partial charge in [0.15, 0.2) is 0 Å². The van der Waals surface area contributed by atoms with Gasteiger partial charge in [-0.3, -0.25) is 9.59 Å². The number of carbonyl (C=O) groups is 3. The number of nitrogens with zero attached hydrogens (tertiary/aromatic N) is 2. The van der Waals surface area contributed by atoms with Gasteiger partial charge in [-0.1, -0.05) is 6.07 Å². The summed E-state index contributed by atoms with van der Waals surface area (Å²) < 4.78 is 0. The molecule has 7 nitrogen and oxygen atoms in total. The van der Waals surface area contributed by atoms with Gasteiger partial charge in [0, 0.05) is 48.9 Å². The number of nitrogens with one attached hydrogen (secondary N) is 1. The molecule has 2 fully saturated rings. The van der Waals surface area contributed by atoms with Gasteiger partial charge in [0.05, 0.1) is 5.92 Å². The number of carboxylic acids is 1. The highest BCUT2D eigenvalue weighted by Gasteiger charge is 2.28. The first-order valence-corrected chi connectivity index (χ1v) is 10.4. The van der Waals surface area contributed by atoms with Crippen molar-refractivity contribution in [3.63, 3.8) is 0 Å². The molecule has 0 bridgehead atoms. The second-order valence-corrected chi connectivity index (χ2v) is 8.21. The summed E-state index contributed by atoms with van der Waals surface area (Å²) in [5.41, 5.74) is 2.01. The summed E-state index contributed by atoms with van der Waals surface area (Å²) in [5.74, 6) is 0.489. The molecule has 1 aromatic carbocycles. The molecule has 1 unspecified atom stereocenters. The van der Waals surface area contributed by atoms with E-state index in [1.807, 2.05) is 29.7 Å². The minimum atomic E-state index is -0.865. The molecule has 3 amide bonds. The van der Waals surface area contributed by atoms with Crippen LogP contribution < -0.4 is 5.32 Å².